The van der Waals surface area contributed by atoms with E-state index < -0.39 is 0 Å². The molecule has 0 bridgehead atoms. The predicted octanol–water partition coefficient (Wildman–Crippen LogP) is 2.34. The minimum Gasteiger partial charge on any atom is -0.496 e. The Hall–Kier alpha value is -0.970. The monoisotopic (exact) mass is 273 g/mol. The van der Waals surface area contributed by atoms with E-state index in [4.69, 9.17) is 26.2 Å². The second-order valence-corrected chi connectivity index (χ2v) is 4.63. The fraction of sp³-hybridized carbons (Fsp3) is 0.538. The molecule has 18 heavy (non-hydrogen) atoms. The molecule has 1 rings (SSSR count). The van der Waals surface area contributed by atoms with Crippen LogP contribution in [0.2, 0.25) is 5.02 Å². The quantitative estimate of drug-likeness (QED) is 0.864. The lowest BCUT2D eigenvalue weighted by molar-refractivity contribution is 0.207. The molecule has 0 saturated carbocycles. The first-order valence-corrected chi connectivity index (χ1v) is 6.11. The number of halogens is 1. The molecule has 1 atom stereocenters. The van der Waals surface area contributed by atoms with Gasteiger partial charge in [0.15, 0.2) is 0 Å². The molecule has 0 fully saturated rings. The van der Waals surface area contributed by atoms with Gasteiger partial charge in [0.2, 0.25) is 0 Å². The maximum absolute atomic E-state index is 9.16. The smallest absolute Gasteiger partial charge is 0.141 e. The molecule has 1 unspecified atom stereocenters. The van der Waals surface area contributed by atoms with Gasteiger partial charge in [0.1, 0.15) is 11.5 Å². The van der Waals surface area contributed by atoms with E-state index in [2.05, 4.69) is 0 Å². The Morgan fingerprint density at radius 3 is 2.28 bits per heavy atom. The van der Waals surface area contributed by atoms with Crippen LogP contribution < -0.4 is 9.47 Å². The third kappa shape index (κ3) is 3.28. The van der Waals surface area contributed by atoms with Crippen LogP contribution in [0.1, 0.15) is 18.0 Å². The van der Waals surface area contributed by atoms with Gasteiger partial charge in [0.05, 0.1) is 19.2 Å². The van der Waals surface area contributed by atoms with Crippen LogP contribution in [-0.4, -0.2) is 44.9 Å². The summed E-state index contributed by atoms with van der Waals surface area (Å²) in [6.45, 7) is 0.107. The first kappa shape index (κ1) is 15.1. The lowest BCUT2D eigenvalue weighted by atomic mass is 10.0. The molecule has 102 valence electrons. The van der Waals surface area contributed by atoms with Crippen LogP contribution in [0.25, 0.3) is 0 Å². The summed E-state index contributed by atoms with van der Waals surface area (Å²) in [5.41, 5.74) is 0.947. The zero-order valence-electron chi connectivity index (χ0n) is 11.2. The Kier molecular flexibility index (Phi) is 5.72. The van der Waals surface area contributed by atoms with Crippen molar-refractivity contribution in [3.63, 3.8) is 0 Å². The lowest BCUT2D eigenvalue weighted by Gasteiger charge is -2.26. The first-order chi connectivity index (χ1) is 8.54. The highest BCUT2D eigenvalue weighted by Crippen LogP contribution is 2.38. The van der Waals surface area contributed by atoms with E-state index in [1.807, 2.05) is 25.1 Å². The van der Waals surface area contributed by atoms with Crippen molar-refractivity contribution in [1.29, 1.82) is 0 Å². The molecule has 0 aliphatic rings. The zero-order valence-corrected chi connectivity index (χ0v) is 12.0. The van der Waals surface area contributed by atoms with Crippen LogP contribution in [0, 0.1) is 0 Å². The maximum atomic E-state index is 9.16. The average Bonchev–Trinajstić information content (AvgIpc) is 2.35. The van der Waals surface area contributed by atoms with Crippen molar-refractivity contribution in [2.75, 3.05) is 34.9 Å². The average molecular weight is 274 g/mol. The fourth-order valence-corrected chi connectivity index (χ4v) is 2.21. The van der Waals surface area contributed by atoms with Crippen LogP contribution in [0.4, 0.5) is 0 Å². The molecule has 0 aromatic heterocycles. The molecule has 0 aliphatic heterocycles. The Morgan fingerprint density at radius 2 is 1.83 bits per heavy atom. The normalized spacial score (nSPS) is 12.6. The lowest BCUT2D eigenvalue weighted by Crippen LogP contribution is -2.21. The summed E-state index contributed by atoms with van der Waals surface area (Å²) >= 11 is 6.15. The third-order valence-corrected chi connectivity index (χ3v) is 3.18. The summed E-state index contributed by atoms with van der Waals surface area (Å²) in [4.78, 5) is 2.02. The molecule has 0 aliphatic carbocycles. The first-order valence-electron chi connectivity index (χ1n) is 5.73. The van der Waals surface area contributed by atoms with Crippen molar-refractivity contribution in [3.05, 3.63) is 22.7 Å². The van der Waals surface area contributed by atoms with E-state index in [1.165, 1.54) is 0 Å². The van der Waals surface area contributed by atoms with Gasteiger partial charge in [-0.25, -0.2) is 0 Å². The predicted molar refractivity (Wildman–Crippen MR) is 72.7 cm³/mol. The number of benzene rings is 1. The number of hydrogen-bond donors (Lipinski definition) is 1. The van der Waals surface area contributed by atoms with Crippen LogP contribution in [0.5, 0.6) is 11.5 Å². The van der Waals surface area contributed by atoms with Crippen molar-refractivity contribution in [3.8, 4) is 11.5 Å². The molecule has 1 aromatic rings. The van der Waals surface area contributed by atoms with Crippen molar-refractivity contribution in [2.24, 2.45) is 0 Å². The topological polar surface area (TPSA) is 41.9 Å². The Balaban J connectivity index is 3.23. The van der Waals surface area contributed by atoms with Gasteiger partial charge in [-0.15, -0.1) is 0 Å². The second-order valence-electron chi connectivity index (χ2n) is 4.22. The van der Waals surface area contributed by atoms with E-state index in [1.54, 1.807) is 20.3 Å². The molecule has 0 radical (unpaired) electrons. The van der Waals surface area contributed by atoms with Crippen molar-refractivity contribution in [2.45, 2.75) is 12.5 Å². The molecular formula is C13H20ClNO3. The molecule has 5 heteroatoms. The molecule has 1 aromatic carbocycles. The van der Waals surface area contributed by atoms with Crippen LogP contribution in [-0.2, 0) is 0 Å². The Bertz CT molecular complexity index is 396. The third-order valence-electron chi connectivity index (χ3n) is 2.89. The van der Waals surface area contributed by atoms with Gasteiger partial charge in [-0.1, -0.05) is 11.6 Å². The highest BCUT2D eigenvalue weighted by Gasteiger charge is 2.20. The SMILES string of the molecule is COc1cc(OC)c(C(CCO)N(C)C)cc1Cl. The van der Waals surface area contributed by atoms with Gasteiger partial charge in [-0.2, -0.15) is 0 Å². The summed E-state index contributed by atoms with van der Waals surface area (Å²) in [6.07, 6.45) is 0.617. The molecular weight excluding hydrogens is 254 g/mol. The second kappa shape index (κ2) is 6.83. The van der Waals surface area contributed by atoms with Gasteiger partial charge in [-0.3, -0.25) is 0 Å². The molecule has 0 heterocycles. The van der Waals surface area contributed by atoms with E-state index in [-0.39, 0.29) is 12.6 Å². The van der Waals surface area contributed by atoms with Gasteiger partial charge in [0, 0.05) is 24.3 Å². The summed E-state index contributed by atoms with van der Waals surface area (Å²) in [5, 5.41) is 9.70. The van der Waals surface area contributed by atoms with Crippen molar-refractivity contribution in [1.82, 2.24) is 4.90 Å². The number of rotatable bonds is 6. The molecule has 0 amide bonds. The highest BCUT2D eigenvalue weighted by atomic mass is 35.5. The summed E-state index contributed by atoms with van der Waals surface area (Å²) in [5.74, 6) is 1.29. The number of aliphatic hydroxyl groups excluding tert-OH is 1. The Morgan fingerprint density at radius 1 is 1.22 bits per heavy atom. The number of aliphatic hydroxyl groups is 1. The van der Waals surface area contributed by atoms with Gasteiger partial charge in [0.25, 0.3) is 0 Å². The van der Waals surface area contributed by atoms with Gasteiger partial charge < -0.3 is 19.5 Å². The minimum absolute atomic E-state index is 0.0494. The largest absolute Gasteiger partial charge is 0.496 e. The standard InChI is InChI=1S/C13H20ClNO3/c1-15(2)11(5-6-16)9-7-10(14)13(18-4)8-12(9)17-3/h7-8,11,16H,5-6H2,1-4H3. The zero-order chi connectivity index (χ0) is 13.7. The number of ether oxygens (including phenoxy) is 2. The summed E-state index contributed by atoms with van der Waals surface area (Å²) in [7, 11) is 7.09. The summed E-state index contributed by atoms with van der Waals surface area (Å²) in [6, 6.07) is 3.65. The van der Waals surface area contributed by atoms with Gasteiger partial charge in [-0.05, 0) is 26.6 Å². The number of methoxy groups -OCH3 is 2. The summed E-state index contributed by atoms with van der Waals surface area (Å²) < 4.78 is 10.5. The van der Waals surface area contributed by atoms with Crippen molar-refractivity contribution >= 4 is 11.6 Å². The van der Waals surface area contributed by atoms with Crippen LogP contribution in [0.3, 0.4) is 0 Å². The van der Waals surface area contributed by atoms with Gasteiger partial charge >= 0.3 is 0 Å². The molecule has 0 saturated heterocycles. The van der Waals surface area contributed by atoms with E-state index in [0.29, 0.717) is 22.9 Å². The molecule has 4 nitrogen and oxygen atoms in total. The fourth-order valence-electron chi connectivity index (χ4n) is 1.96. The van der Waals surface area contributed by atoms with Crippen LogP contribution >= 0.6 is 11.6 Å². The minimum atomic E-state index is 0.0494. The number of hydrogen-bond acceptors (Lipinski definition) is 4. The van der Waals surface area contributed by atoms with E-state index in [9.17, 15) is 0 Å². The van der Waals surface area contributed by atoms with Crippen LogP contribution in [0.15, 0.2) is 12.1 Å². The highest BCUT2D eigenvalue weighted by molar-refractivity contribution is 6.32. The van der Waals surface area contributed by atoms with E-state index >= 15 is 0 Å². The molecule has 1 N–H and O–H groups in total. The maximum Gasteiger partial charge on any atom is 0.141 e. The van der Waals surface area contributed by atoms with Crippen molar-refractivity contribution < 1.29 is 14.6 Å². The molecule has 0 spiro atoms. The van der Waals surface area contributed by atoms with E-state index in [0.717, 1.165) is 5.56 Å². The Labute approximate surface area is 113 Å². The number of nitrogens with zero attached hydrogens (tertiary/aromatic N) is 1.